The summed E-state index contributed by atoms with van der Waals surface area (Å²) in [4.78, 5) is 5.18. The van der Waals surface area contributed by atoms with Gasteiger partial charge in [0.2, 0.25) is 0 Å². The second kappa shape index (κ2) is 4.30. The first-order valence-corrected chi connectivity index (χ1v) is 6.55. The first-order chi connectivity index (χ1) is 7.05. The maximum Gasteiger partial charge on any atom is 0.0263 e. The zero-order chi connectivity index (χ0) is 12.7. The largest absolute Gasteiger partial charge is 0.297 e. The van der Waals surface area contributed by atoms with Gasteiger partial charge in [0, 0.05) is 29.7 Å². The third-order valence-corrected chi connectivity index (χ3v) is 4.13. The van der Waals surface area contributed by atoms with E-state index in [0.717, 1.165) is 0 Å². The van der Waals surface area contributed by atoms with Crippen LogP contribution in [0.3, 0.4) is 0 Å². The maximum absolute atomic E-state index is 2.64. The van der Waals surface area contributed by atoms with Gasteiger partial charge in [0.15, 0.2) is 0 Å². The summed E-state index contributed by atoms with van der Waals surface area (Å²) < 4.78 is 0. The van der Waals surface area contributed by atoms with Crippen LogP contribution in [0.2, 0.25) is 0 Å². The Kier molecular flexibility index (Phi) is 3.76. The highest BCUT2D eigenvalue weighted by Crippen LogP contribution is 2.31. The molecule has 0 aromatic carbocycles. The molecule has 16 heavy (non-hydrogen) atoms. The molecule has 0 aliphatic carbocycles. The van der Waals surface area contributed by atoms with Crippen LogP contribution in [-0.4, -0.2) is 46.6 Å². The molecule has 2 heteroatoms. The Morgan fingerprint density at radius 2 is 1.56 bits per heavy atom. The van der Waals surface area contributed by atoms with E-state index in [1.165, 1.54) is 13.0 Å². The Morgan fingerprint density at radius 1 is 1.06 bits per heavy atom. The Morgan fingerprint density at radius 3 is 1.88 bits per heavy atom. The van der Waals surface area contributed by atoms with Gasteiger partial charge in [-0.1, -0.05) is 0 Å². The molecule has 1 aliphatic rings. The summed E-state index contributed by atoms with van der Waals surface area (Å²) in [5.41, 5.74) is 0.569. The van der Waals surface area contributed by atoms with E-state index in [0.29, 0.717) is 17.6 Å². The zero-order valence-electron chi connectivity index (χ0n) is 12.5. The fraction of sp³-hybridized carbons (Fsp3) is 1.00. The first-order valence-electron chi connectivity index (χ1n) is 6.55. The molecule has 0 N–H and O–H groups in total. The van der Waals surface area contributed by atoms with Crippen LogP contribution >= 0.6 is 0 Å². The van der Waals surface area contributed by atoms with E-state index in [9.17, 15) is 0 Å². The van der Waals surface area contributed by atoms with Gasteiger partial charge >= 0.3 is 0 Å². The first kappa shape index (κ1) is 14.0. The minimum Gasteiger partial charge on any atom is -0.297 e. The second-order valence-corrected chi connectivity index (χ2v) is 7.24. The van der Waals surface area contributed by atoms with Gasteiger partial charge in [-0.3, -0.25) is 9.80 Å². The topological polar surface area (TPSA) is 6.48 Å². The lowest BCUT2D eigenvalue weighted by Gasteiger charge is -2.42. The molecule has 0 saturated carbocycles. The van der Waals surface area contributed by atoms with Crippen molar-refractivity contribution in [3.63, 3.8) is 0 Å². The third kappa shape index (κ3) is 2.78. The quantitative estimate of drug-likeness (QED) is 0.678. The highest BCUT2D eigenvalue weighted by atomic mass is 15.3. The van der Waals surface area contributed by atoms with Crippen LogP contribution in [0.15, 0.2) is 0 Å². The van der Waals surface area contributed by atoms with Gasteiger partial charge in [0.1, 0.15) is 0 Å². The molecule has 0 spiro atoms. The minimum atomic E-state index is 0.271. The lowest BCUT2D eigenvalue weighted by Crippen LogP contribution is -2.52. The molecule has 0 aromatic rings. The number of likely N-dealkylation sites (tertiary alicyclic amines) is 1. The number of nitrogens with zero attached hydrogens (tertiary/aromatic N) is 2. The summed E-state index contributed by atoms with van der Waals surface area (Å²) in [6.45, 7) is 17.5. The van der Waals surface area contributed by atoms with Crippen molar-refractivity contribution in [3.05, 3.63) is 0 Å². The molecule has 1 heterocycles. The summed E-state index contributed by atoms with van der Waals surface area (Å²) >= 11 is 0. The zero-order valence-corrected chi connectivity index (χ0v) is 12.5. The monoisotopic (exact) mass is 226 g/mol. The minimum absolute atomic E-state index is 0.271. The lowest BCUT2D eigenvalue weighted by molar-refractivity contribution is 0.0625. The van der Waals surface area contributed by atoms with Crippen molar-refractivity contribution in [3.8, 4) is 0 Å². The van der Waals surface area contributed by atoms with E-state index in [2.05, 4.69) is 65.3 Å². The molecule has 1 rings (SSSR count). The standard InChI is InChI=1S/C14H30N2/c1-11-12(15(8)13(2,3)4)9-10-16(11)14(5,6)7/h11-12H,9-10H2,1-8H3/t11-,12-/m1/s1. The van der Waals surface area contributed by atoms with Crippen molar-refractivity contribution in [2.24, 2.45) is 0 Å². The van der Waals surface area contributed by atoms with E-state index in [4.69, 9.17) is 0 Å². The van der Waals surface area contributed by atoms with E-state index >= 15 is 0 Å². The van der Waals surface area contributed by atoms with E-state index in [1.54, 1.807) is 0 Å². The van der Waals surface area contributed by atoms with E-state index in [1.807, 2.05) is 0 Å². The van der Waals surface area contributed by atoms with Gasteiger partial charge in [-0.2, -0.15) is 0 Å². The van der Waals surface area contributed by atoms with Gasteiger partial charge in [-0.25, -0.2) is 0 Å². The van der Waals surface area contributed by atoms with Gasteiger partial charge in [-0.15, -0.1) is 0 Å². The van der Waals surface area contributed by atoms with E-state index in [-0.39, 0.29) is 5.54 Å². The van der Waals surface area contributed by atoms with Crippen LogP contribution in [0.4, 0.5) is 0 Å². The SMILES string of the molecule is C[C@@H]1[C@H](N(C)C(C)(C)C)CCN1C(C)(C)C. The summed E-state index contributed by atoms with van der Waals surface area (Å²) in [5, 5.41) is 0. The molecule has 1 saturated heterocycles. The molecule has 0 amide bonds. The fourth-order valence-corrected chi connectivity index (χ4v) is 2.88. The van der Waals surface area contributed by atoms with Crippen molar-refractivity contribution in [1.29, 1.82) is 0 Å². The third-order valence-electron chi connectivity index (χ3n) is 4.13. The molecule has 0 aromatic heterocycles. The van der Waals surface area contributed by atoms with Crippen molar-refractivity contribution in [2.45, 2.75) is 78.0 Å². The van der Waals surface area contributed by atoms with Crippen molar-refractivity contribution < 1.29 is 0 Å². The summed E-state index contributed by atoms with van der Waals surface area (Å²) in [7, 11) is 2.27. The van der Waals surface area contributed by atoms with Gasteiger partial charge in [0.25, 0.3) is 0 Å². The Bertz CT molecular complexity index is 234. The van der Waals surface area contributed by atoms with Crippen molar-refractivity contribution in [2.75, 3.05) is 13.6 Å². The summed E-state index contributed by atoms with van der Waals surface area (Å²) in [5.74, 6) is 0. The highest BCUT2D eigenvalue weighted by molar-refractivity contribution is 4.97. The number of hydrogen-bond donors (Lipinski definition) is 0. The Hall–Kier alpha value is -0.0800. The predicted molar refractivity (Wildman–Crippen MR) is 71.8 cm³/mol. The molecule has 2 atom stereocenters. The smallest absolute Gasteiger partial charge is 0.0263 e. The molecule has 2 nitrogen and oxygen atoms in total. The molecule has 0 radical (unpaired) electrons. The fourth-order valence-electron chi connectivity index (χ4n) is 2.88. The molecule has 96 valence electrons. The highest BCUT2D eigenvalue weighted by Gasteiger charge is 2.40. The van der Waals surface area contributed by atoms with Crippen LogP contribution in [0.5, 0.6) is 0 Å². The van der Waals surface area contributed by atoms with Crippen molar-refractivity contribution >= 4 is 0 Å². The average molecular weight is 226 g/mol. The van der Waals surface area contributed by atoms with Gasteiger partial charge in [-0.05, 0) is 61.9 Å². The second-order valence-electron chi connectivity index (χ2n) is 7.24. The molecular weight excluding hydrogens is 196 g/mol. The summed E-state index contributed by atoms with van der Waals surface area (Å²) in [6.07, 6.45) is 1.30. The van der Waals surface area contributed by atoms with Crippen LogP contribution < -0.4 is 0 Å². The van der Waals surface area contributed by atoms with Crippen LogP contribution in [-0.2, 0) is 0 Å². The Labute approximate surface area is 102 Å². The molecule has 1 fully saturated rings. The van der Waals surface area contributed by atoms with Crippen LogP contribution in [0.25, 0.3) is 0 Å². The van der Waals surface area contributed by atoms with Crippen LogP contribution in [0.1, 0.15) is 54.9 Å². The molecule has 1 aliphatic heterocycles. The summed E-state index contributed by atoms with van der Waals surface area (Å²) in [6, 6.07) is 1.35. The molecular formula is C14H30N2. The van der Waals surface area contributed by atoms with E-state index < -0.39 is 0 Å². The maximum atomic E-state index is 2.64. The van der Waals surface area contributed by atoms with Gasteiger partial charge in [0.05, 0.1) is 0 Å². The molecule has 0 bridgehead atoms. The predicted octanol–water partition coefficient (Wildman–Crippen LogP) is 2.98. The number of hydrogen-bond acceptors (Lipinski definition) is 2. The van der Waals surface area contributed by atoms with Gasteiger partial charge < -0.3 is 0 Å². The number of rotatable bonds is 1. The Balaban J connectivity index is 2.75. The van der Waals surface area contributed by atoms with Crippen LogP contribution in [0, 0.1) is 0 Å². The average Bonchev–Trinajstić information content (AvgIpc) is 2.42. The number of likely N-dealkylation sites (N-methyl/N-ethyl adjacent to an activating group) is 1. The lowest BCUT2D eigenvalue weighted by atomic mass is 9.99. The molecule has 0 unspecified atom stereocenters. The van der Waals surface area contributed by atoms with Crippen molar-refractivity contribution in [1.82, 2.24) is 9.80 Å². The normalized spacial score (nSPS) is 29.1.